The summed E-state index contributed by atoms with van der Waals surface area (Å²) in [5, 5.41) is 27.1. The fourth-order valence-corrected chi connectivity index (χ4v) is 13.9. The highest BCUT2D eigenvalue weighted by Gasteiger charge is 2.29. The number of rotatable bonds is 24. The summed E-state index contributed by atoms with van der Waals surface area (Å²) in [5.41, 5.74) is 14.9. The van der Waals surface area contributed by atoms with Crippen LogP contribution >= 0.6 is 15.9 Å². The molecule has 0 fully saturated rings. The number of hydrogen-bond acceptors (Lipinski definition) is 16. The van der Waals surface area contributed by atoms with E-state index in [-0.39, 0.29) is 67.3 Å². The molecule has 6 atom stereocenters. The molecule has 9 aromatic carbocycles. The van der Waals surface area contributed by atoms with Gasteiger partial charge in [-0.05, 0) is 187 Å². The standard InChI is InChI=1S/C30H30O5.C29H28O5.C22H21BrO3.C8H11BO4/c1-5-7-21(19-29(31)33-3)20-10-14-24(15-11-20)35-27-17-13-22-18-23(12-16-25(22)27)26-8-6-9-28(32-2)30(26)34-4;1-4-6-20(18-28(30)31)19-9-13-23(14-10-19)34-26-16-12-21-17-22(11-15-24(21)26)25-7-5-8-27(32-2)29(25)33-3;1-3-4-16(14-22(24)25-2)15-5-9-19(10-6-15)26-21-12-7-17-13-18(23)8-11-20(17)21;1-12-7-5-3-4-6(9(10)11)8(7)13-2/h6,8-12,14-16,18,21,27H,13,17,19H2,1-4H3;5,7-11,13-15,17,20,26H,12,16,18H2,1-3H3,(H,30,31);5-6,8-11,13,16,21H,7,12,14H2,1-2H3;3-5,10-11H,1-2H3/t21-,27?;20-,26?;16-,21?;/m111./s1. The van der Waals surface area contributed by atoms with Crippen LogP contribution in [0, 0.1) is 35.5 Å². The van der Waals surface area contributed by atoms with Gasteiger partial charge in [-0.1, -0.05) is 149 Å². The molecule has 108 heavy (non-hydrogen) atoms. The fourth-order valence-electron chi connectivity index (χ4n) is 13.5. The molecular formula is C89H90BBrO17. The lowest BCUT2D eigenvalue weighted by atomic mass is 9.79. The van der Waals surface area contributed by atoms with Gasteiger partial charge in [0.2, 0.25) is 0 Å². The Balaban J connectivity index is 0.000000174. The van der Waals surface area contributed by atoms with Crippen LogP contribution in [0.4, 0.5) is 0 Å². The second-order valence-corrected chi connectivity index (χ2v) is 26.3. The van der Waals surface area contributed by atoms with Gasteiger partial charge >= 0.3 is 25.0 Å². The minimum Gasteiger partial charge on any atom is -0.493 e. The number of aliphatic carboxylic acids is 1. The summed E-state index contributed by atoms with van der Waals surface area (Å²) in [4.78, 5) is 34.5. The lowest BCUT2D eigenvalue weighted by molar-refractivity contribution is -0.141. The van der Waals surface area contributed by atoms with E-state index in [2.05, 4.69) is 106 Å². The van der Waals surface area contributed by atoms with Crippen molar-refractivity contribution < 1.29 is 81.6 Å². The predicted molar refractivity (Wildman–Crippen MR) is 422 cm³/mol. The third kappa shape index (κ3) is 20.9. The zero-order valence-corrected chi connectivity index (χ0v) is 64.2. The maximum atomic E-state index is 11.7. The number of benzene rings is 9. The van der Waals surface area contributed by atoms with Crippen molar-refractivity contribution in [3.8, 4) is 110 Å². The SMILES string of the molecule is CC#C[C@H](CC(=O)O)c1ccc(OC2CCc3cc(-c4cccc(OC)c4OC)ccc32)cc1.CC#C[C@H](CC(=O)OC)c1ccc(OC2CCc3cc(-c4cccc(OC)c4OC)ccc32)cc1.CC#C[C@H](CC(=O)OC)c1ccc(OC2CCc3cc(Br)ccc32)cc1.COc1cccc(B(O)O)c1OC. The molecule has 0 aromatic heterocycles. The van der Waals surface area contributed by atoms with Gasteiger partial charge in [-0.3, -0.25) is 14.4 Å². The Kier molecular flexibility index (Phi) is 29.9. The van der Waals surface area contributed by atoms with Gasteiger partial charge in [0.15, 0.2) is 34.5 Å². The number of hydrogen-bond donors (Lipinski definition) is 3. The van der Waals surface area contributed by atoms with Crippen LogP contribution in [0.5, 0.6) is 51.7 Å². The summed E-state index contributed by atoms with van der Waals surface area (Å²) in [6, 6.07) is 59.3. The monoisotopic (exact) mass is 1520 g/mol. The third-order valence-electron chi connectivity index (χ3n) is 18.8. The zero-order valence-electron chi connectivity index (χ0n) is 62.7. The first-order valence-electron chi connectivity index (χ1n) is 35.4. The lowest BCUT2D eigenvalue weighted by Crippen LogP contribution is -2.31. The minimum absolute atomic E-state index is 0.00148. The summed E-state index contributed by atoms with van der Waals surface area (Å²) in [5.74, 6) is 21.8. The first-order chi connectivity index (χ1) is 52.4. The van der Waals surface area contributed by atoms with Crippen LogP contribution in [0.3, 0.4) is 0 Å². The Morgan fingerprint density at radius 3 is 1.10 bits per heavy atom. The predicted octanol–water partition coefficient (Wildman–Crippen LogP) is 16.7. The number of carboxylic acids is 1. The molecule has 0 spiro atoms. The normalized spacial score (nSPS) is 14.6. The Labute approximate surface area is 642 Å². The summed E-state index contributed by atoms with van der Waals surface area (Å²) in [6.45, 7) is 5.27. The van der Waals surface area contributed by atoms with Gasteiger partial charge in [0.1, 0.15) is 35.6 Å². The molecule has 3 N–H and O–H groups in total. The topological polar surface area (TPSA) is 213 Å². The molecule has 0 aliphatic heterocycles. The number of ether oxygens (including phenoxy) is 11. The van der Waals surface area contributed by atoms with Crippen molar-refractivity contribution in [3.63, 3.8) is 0 Å². The number of para-hydroxylation sites is 3. The van der Waals surface area contributed by atoms with Crippen molar-refractivity contribution in [2.75, 3.05) is 56.9 Å². The van der Waals surface area contributed by atoms with Crippen LogP contribution in [0.1, 0.15) is 145 Å². The average molecular weight is 1520 g/mol. The van der Waals surface area contributed by atoms with Gasteiger partial charge in [0, 0.05) is 21.1 Å². The van der Waals surface area contributed by atoms with Crippen molar-refractivity contribution >= 4 is 46.4 Å². The molecule has 3 aliphatic carbocycles. The summed E-state index contributed by atoms with van der Waals surface area (Å²) in [6.07, 6.45) is 6.26. The highest BCUT2D eigenvalue weighted by molar-refractivity contribution is 9.10. The number of aryl methyl sites for hydroxylation is 3. The molecule has 3 unspecified atom stereocenters. The number of carbonyl (C=O) groups is 3. The fraction of sp³-hybridized carbons (Fsp3) is 0.292. The van der Waals surface area contributed by atoms with Crippen LogP contribution in [-0.4, -0.2) is 97.1 Å². The molecule has 0 bridgehead atoms. The van der Waals surface area contributed by atoms with E-state index in [9.17, 15) is 14.4 Å². The molecule has 17 nitrogen and oxygen atoms in total. The van der Waals surface area contributed by atoms with E-state index >= 15 is 0 Å². The third-order valence-corrected chi connectivity index (χ3v) is 19.3. The molecule has 3 aliphatic rings. The van der Waals surface area contributed by atoms with Gasteiger partial charge in [-0.25, -0.2) is 0 Å². The molecule has 0 amide bonds. The summed E-state index contributed by atoms with van der Waals surface area (Å²) < 4.78 is 61.7. The van der Waals surface area contributed by atoms with Crippen molar-refractivity contribution in [1.82, 2.24) is 0 Å². The molecular weight excluding hydrogens is 1430 g/mol. The van der Waals surface area contributed by atoms with Gasteiger partial charge in [-0.15, -0.1) is 17.8 Å². The second-order valence-electron chi connectivity index (χ2n) is 25.4. The Morgan fingerprint density at radius 2 is 0.769 bits per heavy atom. The molecule has 0 radical (unpaired) electrons. The van der Waals surface area contributed by atoms with E-state index in [0.717, 1.165) is 111 Å². The van der Waals surface area contributed by atoms with E-state index in [0.29, 0.717) is 28.5 Å². The van der Waals surface area contributed by atoms with Crippen LogP contribution in [0.15, 0.2) is 186 Å². The molecule has 0 saturated heterocycles. The molecule has 12 rings (SSSR count). The van der Waals surface area contributed by atoms with Crippen LogP contribution in [-0.2, 0) is 43.1 Å². The number of esters is 2. The summed E-state index contributed by atoms with van der Waals surface area (Å²) in [7, 11) is 10.8. The molecule has 0 saturated carbocycles. The van der Waals surface area contributed by atoms with E-state index in [1.54, 1.807) is 67.4 Å². The average Bonchev–Trinajstić information content (AvgIpc) is 1.55. The smallest absolute Gasteiger partial charge is 0.492 e. The Bertz CT molecular complexity index is 4750. The van der Waals surface area contributed by atoms with E-state index in [1.807, 2.05) is 109 Å². The molecule has 19 heteroatoms. The number of methoxy groups -OCH3 is 8. The number of carboxylic acid groups (broad SMARTS) is 1. The summed E-state index contributed by atoms with van der Waals surface area (Å²) >= 11 is 3.52. The Hall–Kier alpha value is -11.3. The van der Waals surface area contributed by atoms with Gasteiger partial charge < -0.3 is 67.3 Å². The highest BCUT2D eigenvalue weighted by atomic mass is 79.9. The number of carbonyl (C=O) groups excluding carboxylic acids is 2. The largest absolute Gasteiger partial charge is 0.493 e. The van der Waals surface area contributed by atoms with Gasteiger partial charge in [0.05, 0.1) is 93.9 Å². The zero-order chi connectivity index (χ0) is 77.2. The Morgan fingerprint density at radius 1 is 0.426 bits per heavy atom. The highest BCUT2D eigenvalue weighted by Crippen LogP contribution is 2.45. The van der Waals surface area contributed by atoms with E-state index < -0.39 is 13.1 Å². The maximum absolute atomic E-state index is 11.7. The second kappa shape index (κ2) is 39.9. The van der Waals surface area contributed by atoms with Crippen molar-refractivity contribution in [2.24, 2.45) is 0 Å². The van der Waals surface area contributed by atoms with Crippen LogP contribution in [0.2, 0.25) is 0 Å². The molecule has 558 valence electrons. The lowest BCUT2D eigenvalue weighted by Gasteiger charge is -2.17. The van der Waals surface area contributed by atoms with Crippen LogP contribution < -0.4 is 48.1 Å². The number of fused-ring (bicyclic) bond motifs is 3. The van der Waals surface area contributed by atoms with Crippen LogP contribution in [0.25, 0.3) is 22.3 Å². The van der Waals surface area contributed by atoms with Crippen molar-refractivity contribution in [3.05, 3.63) is 237 Å². The quantitative estimate of drug-likeness (QED) is 0.0291. The number of halogens is 1. The minimum atomic E-state index is -1.55. The van der Waals surface area contributed by atoms with Gasteiger partial charge in [0.25, 0.3) is 0 Å². The maximum Gasteiger partial charge on any atom is 0.492 e. The molecule has 0 heterocycles. The first-order valence-corrected chi connectivity index (χ1v) is 36.2. The van der Waals surface area contributed by atoms with Crippen molar-refractivity contribution in [1.29, 1.82) is 0 Å². The van der Waals surface area contributed by atoms with E-state index in [1.165, 1.54) is 61.8 Å². The van der Waals surface area contributed by atoms with Gasteiger partial charge in [-0.2, -0.15) is 0 Å². The first kappa shape index (κ1) is 80.8. The van der Waals surface area contributed by atoms with Crippen molar-refractivity contribution in [2.45, 2.75) is 115 Å². The van der Waals surface area contributed by atoms with E-state index in [4.69, 9.17) is 67.3 Å². The molecule has 9 aromatic rings.